The minimum absolute atomic E-state index is 1.13. The fourth-order valence-electron chi connectivity index (χ4n) is 7.54. The van der Waals surface area contributed by atoms with Gasteiger partial charge in [-0.15, -0.1) is 11.3 Å². The van der Waals surface area contributed by atoms with Crippen molar-refractivity contribution < 1.29 is 0 Å². The second-order valence-corrected chi connectivity index (χ2v) is 13.6. The number of nitrogens with zero attached hydrogens (tertiary/aromatic N) is 1. The van der Waals surface area contributed by atoms with Crippen LogP contribution in [0.1, 0.15) is 0 Å². The van der Waals surface area contributed by atoms with E-state index in [-0.39, 0.29) is 0 Å². The highest BCUT2D eigenvalue weighted by molar-refractivity contribution is 7.25. The second-order valence-electron chi connectivity index (χ2n) is 12.5. The molecular weight excluding hydrogens is 599 g/mol. The van der Waals surface area contributed by atoms with Crippen molar-refractivity contribution in [1.82, 2.24) is 0 Å². The first-order valence-electron chi connectivity index (χ1n) is 16.4. The van der Waals surface area contributed by atoms with Crippen molar-refractivity contribution >= 4 is 91.7 Å². The zero-order valence-corrected chi connectivity index (χ0v) is 26.9. The molecule has 10 aromatic rings. The van der Waals surface area contributed by atoms with E-state index in [1.165, 1.54) is 74.4 Å². The van der Waals surface area contributed by atoms with Gasteiger partial charge in [-0.2, -0.15) is 0 Å². The number of hydrogen-bond donors (Lipinski definition) is 0. The molecule has 0 N–H and O–H groups in total. The van der Waals surface area contributed by atoms with E-state index in [4.69, 9.17) is 0 Å². The first kappa shape index (κ1) is 27.2. The van der Waals surface area contributed by atoms with Crippen LogP contribution in [0.15, 0.2) is 176 Å². The topological polar surface area (TPSA) is 3.24 Å². The molecular formula is C46H29NS. The molecule has 224 valence electrons. The number of benzene rings is 9. The van der Waals surface area contributed by atoms with Crippen LogP contribution in [0.4, 0.5) is 17.1 Å². The van der Waals surface area contributed by atoms with Crippen LogP contribution in [0.3, 0.4) is 0 Å². The molecule has 0 aliphatic heterocycles. The van der Waals surface area contributed by atoms with Crippen LogP contribution in [0, 0.1) is 0 Å². The summed E-state index contributed by atoms with van der Waals surface area (Å²) in [6.45, 7) is 0. The number of fused-ring (bicyclic) bond motifs is 9. The maximum Gasteiger partial charge on any atom is 0.0476 e. The molecule has 0 saturated carbocycles. The molecule has 1 heterocycles. The Bertz CT molecular complexity index is 2860. The zero-order chi connectivity index (χ0) is 31.6. The zero-order valence-electron chi connectivity index (χ0n) is 26.1. The Hall–Kier alpha value is -5.96. The largest absolute Gasteiger partial charge is 0.310 e. The van der Waals surface area contributed by atoms with Crippen molar-refractivity contribution in [3.05, 3.63) is 176 Å². The molecule has 0 atom stereocenters. The van der Waals surface area contributed by atoms with Gasteiger partial charge in [0.05, 0.1) is 0 Å². The van der Waals surface area contributed by atoms with E-state index in [2.05, 4.69) is 181 Å². The van der Waals surface area contributed by atoms with Gasteiger partial charge in [-0.25, -0.2) is 0 Å². The predicted octanol–water partition coefficient (Wildman–Crippen LogP) is 13.8. The summed E-state index contributed by atoms with van der Waals surface area (Å²) in [6, 6.07) is 64.6. The molecule has 0 aliphatic rings. The lowest BCUT2D eigenvalue weighted by Gasteiger charge is -2.27. The van der Waals surface area contributed by atoms with E-state index < -0.39 is 0 Å². The van der Waals surface area contributed by atoms with Crippen molar-refractivity contribution in [2.24, 2.45) is 0 Å². The van der Waals surface area contributed by atoms with Crippen LogP contribution >= 0.6 is 11.3 Å². The highest BCUT2D eigenvalue weighted by Crippen LogP contribution is 2.43. The average Bonchev–Trinajstić information content (AvgIpc) is 3.52. The van der Waals surface area contributed by atoms with Gasteiger partial charge in [0, 0.05) is 37.2 Å². The monoisotopic (exact) mass is 627 g/mol. The van der Waals surface area contributed by atoms with Gasteiger partial charge in [-0.3, -0.25) is 0 Å². The third kappa shape index (κ3) is 4.31. The lowest BCUT2D eigenvalue weighted by Crippen LogP contribution is -2.10. The SMILES string of the molecule is c1cc(-c2cccc3ccccc23)cc(N(c2ccc3c(c2)sc2ccccc23)c2ccc3ccc4c5ccccc5ccc4c3c2)c1. The minimum Gasteiger partial charge on any atom is -0.310 e. The molecule has 10 rings (SSSR count). The quantitative estimate of drug-likeness (QED) is 0.176. The molecule has 0 saturated heterocycles. The van der Waals surface area contributed by atoms with Crippen LogP contribution < -0.4 is 4.90 Å². The second kappa shape index (κ2) is 10.8. The van der Waals surface area contributed by atoms with Crippen LogP contribution in [-0.4, -0.2) is 0 Å². The van der Waals surface area contributed by atoms with Crippen molar-refractivity contribution in [2.45, 2.75) is 0 Å². The van der Waals surface area contributed by atoms with Crippen molar-refractivity contribution in [2.75, 3.05) is 4.90 Å². The normalized spacial score (nSPS) is 11.8. The van der Waals surface area contributed by atoms with Gasteiger partial charge < -0.3 is 4.90 Å². The fourth-order valence-corrected chi connectivity index (χ4v) is 8.67. The molecule has 0 radical (unpaired) electrons. The van der Waals surface area contributed by atoms with Crippen molar-refractivity contribution in [3.8, 4) is 11.1 Å². The number of anilines is 3. The van der Waals surface area contributed by atoms with Crippen LogP contribution in [-0.2, 0) is 0 Å². The van der Waals surface area contributed by atoms with E-state index in [0.29, 0.717) is 0 Å². The van der Waals surface area contributed by atoms with Gasteiger partial charge in [-0.05, 0) is 96.7 Å². The summed E-state index contributed by atoms with van der Waals surface area (Å²) in [7, 11) is 0. The average molecular weight is 628 g/mol. The molecule has 1 aromatic heterocycles. The summed E-state index contributed by atoms with van der Waals surface area (Å²) in [4.78, 5) is 2.43. The lowest BCUT2D eigenvalue weighted by molar-refractivity contribution is 1.30. The van der Waals surface area contributed by atoms with Gasteiger partial charge in [0.15, 0.2) is 0 Å². The van der Waals surface area contributed by atoms with E-state index in [1.54, 1.807) is 0 Å². The molecule has 2 heteroatoms. The summed E-state index contributed by atoms with van der Waals surface area (Å²) in [5.41, 5.74) is 5.86. The predicted molar refractivity (Wildman–Crippen MR) is 209 cm³/mol. The lowest BCUT2D eigenvalue weighted by atomic mass is 9.96. The van der Waals surface area contributed by atoms with Gasteiger partial charge in [0.25, 0.3) is 0 Å². The molecule has 1 nitrogen and oxygen atoms in total. The summed E-state index contributed by atoms with van der Waals surface area (Å²) < 4.78 is 2.61. The number of thiophene rings is 1. The van der Waals surface area contributed by atoms with Gasteiger partial charge in [0.2, 0.25) is 0 Å². The van der Waals surface area contributed by atoms with E-state index in [1.807, 2.05) is 11.3 Å². The molecule has 0 unspecified atom stereocenters. The van der Waals surface area contributed by atoms with E-state index in [9.17, 15) is 0 Å². The smallest absolute Gasteiger partial charge is 0.0476 e. The summed E-state index contributed by atoms with van der Waals surface area (Å²) in [5.74, 6) is 0. The Morgan fingerprint density at radius 3 is 1.75 bits per heavy atom. The molecule has 0 bridgehead atoms. The minimum atomic E-state index is 1.13. The molecule has 9 aromatic carbocycles. The standard InChI is InChI=1S/C46H29NS/c1-3-14-37-30(9-1)11-8-17-39(37)33-12-7-13-34(27-33)47(36-23-26-43-42-16-5-6-18-45(42)48-46(43)29-36)35-22-19-32-21-24-40-38-15-4-2-10-31(38)20-25-41(40)44(32)28-35/h1-29H. The van der Waals surface area contributed by atoms with Crippen molar-refractivity contribution in [3.63, 3.8) is 0 Å². The maximum atomic E-state index is 2.43. The Kier molecular flexibility index (Phi) is 6.12. The Morgan fingerprint density at radius 1 is 0.312 bits per heavy atom. The third-order valence-corrected chi connectivity index (χ3v) is 10.9. The van der Waals surface area contributed by atoms with Crippen LogP contribution in [0.25, 0.3) is 74.4 Å². The maximum absolute atomic E-state index is 2.43. The molecule has 0 fully saturated rings. The third-order valence-electron chi connectivity index (χ3n) is 9.81. The Labute approximate surface area is 282 Å². The Morgan fingerprint density at radius 2 is 0.875 bits per heavy atom. The highest BCUT2D eigenvalue weighted by Gasteiger charge is 2.17. The molecule has 0 spiro atoms. The molecule has 0 amide bonds. The van der Waals surface area contributed by atoms with Gasteiger partial charge in [0.1, 0.15) is 0 Å². The fraction of sp³-hybridized carbons (Fsp3) is 0. The number of hydrogen-bond acceptors (Lipinski definition) is 2. The number of rotatable bonds is 4. The summed E-state index contributed by atoms with van der Waals surface area (Å²) >= 11 is 1.86. The first-order valence-corrected chi connectivity index (χ1v) is 17.2. The highest BCUT2D eigenvalue weighted by atomic mass is 32.1. The van der Waals surface area contributed by atoms with Crippen molar-refractivity contribution in [1.29, 1.82) is 0 Å². The Balaban J connectivity index is 1.21. The van der Waals surface area contributed by atoms with Gasteiger partial charge in [-0.1, -0.05) is 133 Å². The van der Waals surface area contributed by atoms with Crippen LogP contribution in [0.5, 0.6) is 0 Å². The van der Waals surface area contributed by atoms with Gasteiger partial charge >= 0.3 is 0 Å². The summed E-state index contributed by atoms with van der Waals surface area (Å²) in [5, 5.41) is 12.8. The van der Waals surface area contributed by atoms with E-state index in [0.717, 1.165) is 17.1 Å². The van der Waals surface area contributed by atoms with Crippen LogP contribution in [0.2, 0.25) is 0 Å². The molecule has 0 aliphatic carbocycles. The molecule has 48 heavy (non-hydrogen) atoms. The van der Waals surface area contributed by atoms with E-state index >= 15 is 0 Å². The first-order chi connectivity index (χ1) is 23.8. The summed E-state index contributed by atoms with van der Waals surface area (Å²) in [6.07, 6.45) is 0.